The van der Waals surface area contributed by atoms with E-state index in [2.05, 4.69) is 10.1 Å². The minimum Gasteiger partial charge on any atom is -0.340 e. The standard InChI is InChI=1S/C19H18FN3O2/c1-3-23(12-18-21-13(2)25-22-18)19(24)15-8-6-7-14(11-15)16-9-4-5-10-17(16)20/h4-11H,3,12H2,1-2H3. The highest BCUT2D eigenvalue weighted by Gasteiger charge is 2.18. The molecule has 0 fully saturated rings. The van der Waals surface area contributed by atoms with Gasteiger partial charge in [-0.15, -0.1) is 0 Å². The highest BCUT2D eigenvalue weighted by atomic mass is 19.1. The topological polar surface area (TPSA) is 59.2 Å². The molecule has 0 spiro atoms. The van der Waals surface area contributed by atoms with Gasteiger partial charge in [0.05, 0.1) is 6.54 Å². The third-order valence-corrected chi connectivity index (χ3v) is 3.87. The summed E-state index contributed by atoms with van der Waals surface area (Å²) in [4.78, 5) is 18.5. The third kappa shape index (κ3) is 3.74. The van der Waals surface area contributed by atoms with Gasteiger partial charge < -0.3 is 9.42 Å². The van der Waals surface area contributed by atoms with Crippen molar-refractivity contribution >= 4 is 5.91 Å². The van der Waals surface area contributed by atoms with Crippen LogP contribution < -0.4 is 0 Å². The van der Waals surface area contributed by atoms with Crippen molar-refractivity contribution in [1.82, 2.24) is 15.0 Å². The summed E-state index contributed by atoms with van der Waals surface area (Å²) < 4.78 is 18.9. The molecule has 3 aromatic rings. The van der Waals surface area contributed by atoms with E-state index in [0.29, 0.717) is 35.0 Å². The van der Waals surface area contributed by atoms with Crippen molar-refractivity contribution in [3.63, 3.8) is 0 Å². The lowest BCUT2D eigenvalue weighted by atomic mass is 10.0. The number of nitrogens with zero attached hydrogens (tertiary/aromatic N) is 3. The summed E-state index contributed by atoms with van der Waals surface area (Å²) >= 11 is 0. The lowest BCUT2D eigenvalue weighted by Gasteiger charge is -2.19. The van der Waals surface area contributed by atoms with Gasteiger partial charge in [0, 0.05) is 24.6 Å². The molecule has 0 atom stereocenters. The molecule has 0 unspecified atom stereocenters. The van der Waals surface area contributed by atoms with Crippen molar-refractivity contribution < 1.29 is 13.7 Å². The van der Waals surface area contributed by atoms with Gasteiger partial charge in [-0.05, 0) is 30.7 Å². The molecule has 6 heteroatoms. The summed E-state index contributed by atoms with van der Waals surface area (Å²) in [5.41, 5.74) is 1.62. The van der Waals surface area contributed by atoms with Gasteiger partial charge in [0.15, 0.2) is 5.82 Å². The fraction of sp³-hybridized carbons (Fsp3) is 0.211. The van der Waals surface area contributed by atoms with Gasteiger partial charge in [-0.3, -0.25) is 4.79 Å². The molecular weight excluding hydrogens is 321 g/mol. The first kappa shape index (κ1) is 16.8. The van der Waals surface area contributed by atoms with Crippen LogP contribution in [0.2, 0.25) is 0 Å². The summed E-state index contributed by atoms with van der Waals surface area (Å²) in [6, 6.07) is 13.5. The van der Waals surface area contributed by atoms with Crippen LogP contribution in [0.5, 0.6) is 0 Å². The quantitative estimate of drug-likeness (QED) is 0.708. The molecule has 0 saturated heterocycles. The zero-order valence-corrected chi connectivity index (χ0v) is 14.1. The fourth-order valence-corrected chi connectivity index (χ4v) is 2.60. The average Bonchev–Trinajstić information content (AvgIpc) is 3.04. The molecule has 128 valence electrons. The Morgan fingerprint density at radius 2 is 2.00 bits per heavy atom. The number of aromatic nitrogens is 2. The summed E-state index contributed by atoms with van der Waals surface area (Å²) in [6.07, 6.45) is 0. The molecule has 1 aromatic heterocycles. The van der Waals surface area contributed by atoms with Gasteiger partial charge in [0.25, 0.3) is 5.91 Å². The molecular formula is C19H18FN3O2. The normalized spacial score (nSPS) is 10.7. The van der Waals surface area contributed by atoms with Crippen LogP contribution in [-0.2, 0) is 6.54 Å². The van der Waals surface area contributed by atoms with Crippen molar-refractivity contribution in [1.29, 1.82) is 0 Å². The first-order valence-electron chi connectivity index (χ1n) is 8.02. The number of carbonyl (C=O) groups excluding carboxylic acids is 1. The molecule has 2 aromatic carbocycles. The second-order valence-corrected chi connectivity index (χ2v) is 5.61. The molecule has 0 saturated carbocycles. The van der Waals surface area contributed by atoms with Crippen molar-refractivity contribution in [2.75, 3.05) is 6.54 Å². The van der Waals surface area contributed by atoms with Crippen LogP contribution in [0.15, 0.2) is 53.1 Å². The molecule has 0 N–H and O–H groups in total. The Morgan fingerprint density at radius 3 is 2.68 bits per heavy atom. The van der Waals surface area contributed by atoms with Crippen LogP contribution >= 0.6 is 0 Å². The number of benzene rings is 2. The largest absolute Gasteiger partial charge is 0.340 e. The fourth-order valence-electron chi connectivity index (χ4n) is 2.60. The number of carbonyl (C=O) groups is 1. The number of aryl methyl sites for hydroxylation is 1. The van der Waals surface area contributed by atoms with Crippen molar-refractivity contribution in [3.05, 3.63) is 71.6 Å². The Morgan fingerprint density at radius 1 is 1.20 bits per heavy atom. The van der Waals surface area contributed by atoms with Crippen LogP contribution in [0.3, 0.4) is 0 Å². The van der Waals surface area contributed by atoms with E-state index in [1.807, 2.05) is 6.92 Å². The van der Waals surface area contributed by atoms with Crippen LogP contribution in [0.4, 0.5) is 4.39 Å². The van der Waals surface area contributed by atoms with Gasteiger partial charge in [-0.25, -0.2) is 4.39 Å². The average molecular weight is 339 g/mol. The smallest absolute Gasteiger partial charge is 0.254 e. The molecule has 0 aliphatic carbocycles. The van der Waals surface area contributed by atoms with Crippen LogP contribution in [0, 0.1) is 12.7 Å². The number of hydrogen-bond acceptors (Lipinski definition) is 4. The summed E-state index contributed by atoms with van der Waals surface area (Å²) in [5.74, 6) is 0.433. The zero-order valence-electron chi connectivity index (χ0n) is 14.1. The highest BCUT2D eigenvalue weighted by Crippen LogP contribution is 2.24. The summed E-state index contributed by atoms with van der Waals surface area (Å²) in [7, 11) is 0. The monoisotopic (exact) mass is 339 g/mol. The number of amides is 1. The molecule has 1 heterocycles. The minimum atomic E-state index is -0.318. The molecule has 0 bridgehead atoms. The van der Waals surface area contributed by atoms with Crippen molar-refractivity contribution in [2.45, 2.75) is 20.4 Å². The van der Waals surface area contributed by atoms with E-state index >= 15 is 0 Å². The lowest BCUT2D eigenvalue weighted by Crippen LogP contribution is -2.30. The van der Waals surface area contributed by atoms with Gasteiger partial charge >= 0.3 is 0 Å². The molecule has 5 nitrogen and oxygen atoms in total. The Hall–Kier alpha value is -3.02. The van der Waals surface area contributed by atoms with Crippen LogP contribution in [0.1, 0.15) is 29.0 Å². The van der Waals surface area contributed by atoms with Gasteiger partial charge in [0.2, 0.25) is 5.89 Å². The molecule has 1 amide bonds. The van der Waals surface area contributed by atoms with E-state index in [0.717, 1.165) is 0 Å². The maximum absolute atomic E-state index is 14.0. The van der Waals surface area contributed by atoms with Crippen molar-refractivity contribution in [3.8, 4) is 11.1 Å². The van der Waals surface area contributed by atoms with Crippen molar-refractivity contribution in [2.24, 2.45) is 0 Å². The number of halogens is 1. The van der Waals surface area contributed by atoms with Gasteiger partial charge in [-0.2, -0.15) is 4.98 Å². The highest BCUT2D eigenvalue weighted by molar-refractivity contribution is 5.95. The first-order valence-corrected chi connectivity index (χ1v) is 8.02. The first-order chi connectivity index (χ1) is 12.1. The Bertz CT molecular complexity index is 892. The minimum absolute atomic E-state index is 0.164. The molecule has 0 aliphatic rings. The molecule has 0 aliphatic heterocycles. The molecule has 0 radical (unpaired) electrons. The summed E-state index contributed by atoms with van der Waals surface area (Å²) in [6.45, 7) is 4.34. The van der Waals surface area contributed by atoms with E-state index < -0.39 is 0 Å². The van der Waals surface area contributed by atoms with E-state index in [9.17, 15) is 9.18 Å². The predicted octanol–water partition coefficient (Wildman–Crippen LogP) is 3.85. The van der Waals surface area contributed by atoms with E-state index in [4.69, 9.17) is 4.52 Å². The molecule has 3 rings (SSSR count). The maximum Gasteiger partial charge on any atom is 0.254 e. The van der Waals surface area contributed by atoms with E-state index in [-0.39, 0.29) is 18.3 Å². The van der Waals surface area contributed by atoms with Crippen LogP contribution in [0.25, 0.3) is 11.1 Å². The number of rotatable bonds is 5. The lowest BCUT2D eigenvalue weighted by molar-refractivity contribution is 0.0747. The second-order valence-electron chi connectivity index (χ2n) is 5.61. The van der Waals surface area contributed by atoms with E-state index in [1.54, 1.807) is 54.3 Å². The van der Waals surface area contributed by atoms with Gasteiger partial charge in [-0.1, -0.05) is 35.5 Å². The maximum atomic E-state index is 14.0. The van der Waals surface area contributed by atoms with Gasteiger partial charge in [0.1, 0.15) is 5.82 Å². The van der Waals surface area contributed by atoms with Crippen LogP contribution in [-0.4, -0.2) is 27.5 Å². The second kappa shape index (κ2) is 7.25. The predicted molar refractivity (Wildman–Crippen MR) is 91.3 cm³/mol. The van der Waals surface area contributed by atoms with E-state index in [1.165, 1.54) is 6.07 Å². The number of hydrogen-bond donors (Lipinski definition) is 0. The SMILES string of the molecule is CCN(Cc1noc(C)n1)C(=O)c1cccc(-c2ccccc2F)c1. The Balaban J connectivity index is 1.86. The Kier molecular flexibility index (Phi) is 4.88. The summed E-state index contributed by atoms with van der Waals surface area (Å²) in [5, 5.41) is 3.83. The Labute approximate surface area is 145 Å². The third-order valence-electron chi connectivity index (χ3n) is 3.87. The zero-order chi connectivity index (χ0) is 17.8. The molecule has 25 heavy (non-hydrogen) atoms.